The molecule has 0 heterocycles. The van der Waals surface area contributed by atoms with Gasteiger partial charge in [-0.05, 0) is 0 Å². The van der Waals surface area contributed by atoms with Gasteiger partial charge in [-0.2, -0.15) is 5.12 Å². The summed E-state index contributed by atoms with van der Waals surface area (Å²) >= 11 is 0. The highest BCUT2D eigenvalue weighted by atomic mass is 19.2. The molecule has 0 aromatic heterocycles. The summed E-state index contributed by atoms with van der Waals surface area (Å²) in [6, 6.07) is 0. The summed E-state index contributed by atoms with van der Waals surface area (Å²) < 4.78 is 11.5. The number of carbonyl (C=O) groups excluding carboxylic acids is 2. The van der Waals surface area contributed by atoms with E-state index in [0.717, 1.165) is 7.05 Å². The average molecular weight is 120 g/mol. The maximum atomic E-state index is 11.5. The van der Waals surface area contributed by atoms with Crippen LogP contribution in [0.4, 0.5) is 4.48 Å². The molecule has 0 spiro atoms. The van der Waals surface area contributed by atoms with E-state index in [-0.39, 0.29) is 5.12 Å². The molecular formula is C3H5FN2O2. The molecule has 2 N–H and O–H groups in total. The zero-order valence-electron chi connectivity index (χ0n) is 4.22. The Morgan fingerprint density at radius 1 is 1.62 bits per heavy atom. The highest BCUT2D eigenvalue weighted by Crippen LogP contribution is 1.80. The van der Waals surface area contributed by atoms with Crippen LogP contribution in [0.25, 0.3) is 0 Å². The lowest BCUT2D eigenvalue weighted by Gasteiger charge is -1.97. The molecule has 46 valence electrons. The van der Waals surface area contributed by atoms with Gasteiger partial charge in [0.05, 0.1) is 0 Å². The first-order valence-electron chi connectivity index (χ1n) is 1.79. The standard InChI is InChI=1S/C3H5FN2O2/c1-6(4)3(8)2(5)7/h1H3,(H2,5,7). The second kappa shape index (κ2) is 2.25. The van der Waals surface area contributed by atoms with E-state index in [2.05, 4.69) is 5.73 Å². The molecule has 0 aliphatic rings. The molecule has 0 saturated heterocycles. The molecule has 0 aromatic rings. The third-order valence-corrected chi connectivity index (χ3v) is 0.491. The van der Waals surface area contributed by atoms with Crippen molar-refractivity contribution >= 4 is 11.8 Å². The number of hydrogen-bond donors (Lipinski definition) is 1. The third kappa shape index (κ3) is 1.55. The molecule has 0 unspecified atom stereocenters. The number of hydrogen-bond acceptors (Lipinski definition) is 2. The van der Waals surface area contributed by atoms with Crippen molar-refractivity contribution in [2.75, 3.05) is 7.05 Å². The van der Waals surface area contributed by atoms with Gasteiger partial charge in [0.25, 0.3) is 0 Å². The van der Waals surface area contributed by atoms with Crippen LogP contribution in [-0.2, 0) is 9.59 Å². The minimum atomic E-state index is -1.34. The van der Waals surface area contributed by atoms with Gasteiger partial charge in [0.2, 0.25) is 0 Å². The number of primary amides is 1. The summed E-state index contributed by atoms with van der Waals surface area (Å²) in [5.41, 5.74) is 4.37. The lowest BCUT2D eigenvalue weighted by atomic mass is 10.6. The van der Waals surface area contributed by atoms with Crippen molar-refractivity contribution in [2.24, 2.45) is 5.73 Å². The summed E-state index contributed by atoms with van der Waals surface area (Å²) in [6.07, 6.45) is 0. The van der Waals surface area contributed by atoms with Crippen LogP contribution in [0.3, 0.4) is 0 Å². The van der Waals surface area contributed by atoms with Gasteiger partial charge in [-0.1, -0.05) is 4.48 Å². The van der Waals surface area contributed by atoms with Gasteiger partial charge in [0, 0.05) is 7.05 Å². The van der Waals surface area contributed by atoms with Gasteiger partial charge >= 0.3 is 11.8 Å². The molecule has 0 radical (unpaired) electrons. The highest BCUT2D eigenvalue weighted by Gasteiger charge is 2.12. The Morgan fingerprint density at radius 3 is 2.00 bits per heavy atom. The van der Waals surface area contributed by atoms with Crippen molar-refractivity contribution in [3.05, 3.63) is 0 Å². The van der Waals surface area contributed by atoms with Crippen LogP contribution in [0.15, 0.2) is 0 Å². The lowest BCUT2D eigenvalue weighted by Crippen LogP contribution is -2.32. The number of amides is 2. The van der Waals surface area contributed by atoms with Crippen LogP contribution in [-0.4, -0.2) is 24.0 Å². The quantitative estimate of drug-likeness (QED) is 0.323. The van der Waals surface area contributed by atoms with Gasteiger partial charge in [-0.25, -0.2) is 0 Å². The molecule has 0 fully saturated rings. The second-order valence-corrected chi connectivity index (χ2v) is 1.15. The number of halogens is 1. The molecule has 0 atom stereocenters. The van der Waals surface area contributed by atoms with Gasteiger partial charge < -0.3 is 5.73 Å². The molecule has 0 bridgehead atoms. The van der Waals surface area contributed by atoms with Crippen LogP contribution in [0.5, 0.6) is 0 Å². The molecule has 0 rings (SSSR count). The predicted molar refractivity (Wildman–Crippen MR) is 23.1 cm³/mol. The van der Waals surface area contributed by atoms with E-state index in [1.165, 1.54) is 0 Å². The Morgan fingerprint density at radius 2 is 2.00 bits per heavy atom. The molecular weight excluding hydrogens is 115 g/mol. The molecule has 0 saturated carbocycles. The Kier molecular flexibility index (Phi) is 1.93. The summed E-state index contributed by atoms with van der Waals surface area (Å²) in [7, 11) is 0.799. The minimum absolute atomic E-state index is 0.373. The topological polar surface area (TPSA) is 63.4 Å². The van der Waals surface area contributed by atoms with E-state index in [4.69, 9.17) is 0 Å². The van der Waals surface area contributed by atoms with Crippen molar-refractivity contribution in [3.63, 3.8) is 0 Å². The summed E-state index contributed by atoms with van der Waals surface area (Å²) in [6.45, 7) is 0. The number of nitrogens with zero attached hydrogens (tertiary/aromatic N) is 1. The maximum absolute atomic E-state index is 11.5. The smallest absolute Gasteiger partial charge is 0.338 e. The minimum Gasteiger partial charge on any atom is -0.361 e. The first-order valence-corrected chi connectivity index (χ1v) is 1.79. The Bertz CT molecular complexity index is 122. The van der Waals surface area contributed by atoms with E-state index in [9.17, 15) is 14.1 Å². The van der Waals surface area contributed by atoms with Crippen LogP contribution < -0.4 is 5.73 Å². The molecule has 8 heavy (non-hydrogen) atoms. The van der Waals surface area contributed by atoms with E-state index < -0.39 is 11.8 Å². The van der Waals surface area contributed by atoms with Crippen molar-refractivity contribution in [2.45, 2.75) is 0 Å². The van der Waals surface area contributed by atoms with Crippen molar-refractivity contribution in [1.82, 2.24) is 5.12 Å². The van der Waals surface area contributed by atoms with Gasteiger partial charge in [-0.3, -0.25) is 9.59 Å². The summed E-state index contributed by atoms with van der Waals surface area (Å²) in [4.78, 5) is 19.7. The molecule has 0 aromatic carbocycles. The highest BCUT2D eigenvalue weighted by molar-refractivity contribution is 6.33. The Balaban J connectivity index is 3.84. The molecule has 2 amide bonds. The first kappa shape index (κ1) is 6.87. The van der Waals surface area contributed by atoms with E-state index in [1.54, 1.807) is 0 Å². The Labute approximate surface area is 45.0 Å². The SMILES string of the molecule is CN(F)C(=O)C(N)=O. The predicted octanol–water partition coefficient (Wildman–Crippen LogP) is -1.19. The second-order valence-electron chi connectivity index (χ2n) is 1.15. The van der Waals surface area contributed by atoms with E-state index in [1.807, 2.05) is 0 Å². The van der Waals surface area contributed by atoms with Crippen LogP contribution >= 0.6 is 0 Å². The maximum Gasteiger partial charge on any atom is 0.338 e. The van der Waals surface area contributed by atoms with Crippen molar-refractivity contribution < 1.29 is 14.1 Å². The van der Waals surface area contributed by atoms with Crippen molar-refractivity contribution in [3.8, 4) is 0 Å². The van der Waals surface area contributed by atoms with Gasteiger partial charge in [0.1, 0.15) is 0 Å². The third-order valence-electron chi connectivity index (χ3n) is 0.491. The number of carbonyl (C=O) groups is 2. The van der Waals surface area contributed by atoms with Crippen LogP contribution in [0, 0.1) is 0 Å². The van der Waals surface area contributed by atoms with Crippen LogP contribution in [0.2, 0.25) is 0 Å². The number of nitrogens with two attached hydrogens (primary N) is 1. The first-order chi connectivity index (χ1) is 3.55. The van der Waals surface area contributed by atoms with Crippen molar-refractivity contribution in [1.29, 1.82) is 0 Å². The van der Waals surface area contributed by atoms with Gasteiger partial charge in [0.15, 0.2) is 0 Å². The molecule has 0 aliphatic carbocycles. The average Bonchev–Trinajstić information content (AvgIpc) is 1.64. The molecule has 0 aliphatic heterocycles. The number of likely N-dealkylation sites (N-methyl/N-ethyl adjacent to an activating group) is 1. The molecule has 5 heteroatoms. The Hall–Kier alpha value is -1.13. The van der Waals surface area contributed by atoms with Crippen LogP contribution in [0.1, 0.15) is 0 Å². The fraction of sp³-hybridized carbons (Fsp3) is 0.333. The van der Waals surface area contributed by atoms with E-state index in [0.29, 0.717) is 0 Å². The fourth-order valence-electron chi connectivity index (χ4n) is 0.152. The summed E-state index contributed by atoms with van der Waals surface area (Å²) in [5.74, 6) is -2.64. The van der Waals surface area contributed by atoms with E-state index >= 15 is 0 Å². The molecule has 4 nitrogen and oxygen atoms in total. The fourth-order valence-corrected chi connectivity index (χ4v) is 0.152. The lowest BCUT2D eigenvalue weighted by molar-refractivity contribution is -0.152. The van der Waals surface area contributed by atoms with Gasteiger partial charge in [-0.15, -0.1) is 0 Å². The summed E-state index contributed by atoms with van der Waals surface area (Å²) in [5, 5.41) is -0.373. The monoisotopic (exact) mass is 120 g/mol. The number of rotatable bonds is 0. The zero-order valence-corrected chi connectivity index (χ0v) is 4.22. The normalized spacial score (nSPS) is 8.25. The largest absolute Gasteiger partial charge is 0.361 e. The zero-order chi connectivity index (χ0) is 6.73.